The van der Waals surface area contributed by atoms with Crippen molar-refractivity contribution in [2.75, 3.05) is 19.6 Å². The molecular weight excluding hydrogens is 232 g/mol. The maximum Gasteiger partial charge on any atom is 0.0477 e. The van der Waals surface area contributed by atoms with E-state index in [2.05, 4.69) is 61.3 Å². The normalized spacial score (nSPS) is 23.4. The van der Waals surface area contributed by atoms with Crippen molar-refractivity contribution in [1.29, 1.82) is 0 Å². The Morgan fingerprint density at radius 2 is 2.00 bits per heavy atom. The summed E-state index contributed by atoms with van der Waals surface area (Å²) in [5, 5.41) is 3.70. The Morgan fingerprint density at radius 3 is 2.53 bits per heavy atom. The van der Waals surface area contributed by atoms with Crippen LogP contribution < -0.4 is 5.32 Å². The molecule has 0 aromatic heterocycles. The van der Waals surface area contributed by atoms with Crippen LogP contribution in [0.15, 0.2) is 30.3 Å². The molecule has 1 aliphatic rings. The van der Waals surface area contributed by atoms with Gasteiger partial charge in [0.25, 0.3) is 0 Å². The molecule has 106 valence electrons. The number of benzene rings is 1. The Balaban J connectivity index is 2.16. The summed E-state index contributed by atoms with van der Waals surface area (Å²) in [4.78, 5) is 2.69. The summed E-state index contributed by atoms with van der Waals surface area (Å²) in [5.74, 6) is 0.854. The predicted molar refractivity (Wildman–Crippen MR) is 82.3 cm³/mol. The van der Waals surface area contributed by atoms with Gasteiger partial charge >= 0.3 is 0 Å². The highest BCUT2D eigenvalue weighted by Gasteiger charge is 2.30. The van der Waals surface area contributed by atoms with Crippen LogP contribution in [0.1, 0.15) is 45.2 Å². The van der Waals surface area contributed by atoms with Gasteiger partial charge in [-0.3, -0.25) is 4.90 Å². The number of likely N-dealkylation sites (tertiary alicyclic amines) is 1. The van der Waals surface area contributed by atoms with Gasteiger partial charge in [-0.2, -0.15) is 0 Å². The van der Waals surface area contributed by atoms with E-state index in [1.54, 1.807) is 0 Å². The van der Waals surface area contributed by atoms with E-state index in [4.69, 9.17) is 0 Å². The number of likely N-dealkylation sites (N-methyl/N-ethyl adjacent to an activating group) is 1. The highest BCUT2D eigenvalue weighted by atomic mass is 15.2. The van der Waals surface area contributed by atoms with E-state index in [0.29, 0.717) is 12.1 Å². The Morgan fingerprint density at radius 1 is 1.26 bits per heavy atom. The first-order valence-corrected chi connectivity index (χ1v) is 7.78. The van der Waals surface area contributed by atoms with Crippen LogP contribution in [0, 0.1) is 5.92 Å². The smallest absolute Gasteiger partial charge is 0.0477 e. The maximum atomic E-state index is 3.70. The minimum Gasteiger partial charge on any atom is -0.309 e. The van der Waals surface area contributed by atoms with Crippen LogP contribution in [0.4, 0.5) is 0 Å². The number of rotatable bonds is 6. The molecule has 3 unspecified atom stereocenters. The van der Waals surface area contributed by atoms with Gasteiger partial charge in [-0.1, -0.05) is 51.1 Å². The molecule has 3 atom stereocenters. The standard InChI is InChI=1S/C17H28N2/c1-4-16(19-12-11-14(3)13-19)17(18-5-2)15-9-7-6-8-10-15/h6-10,14,16-18H,4-5,11-13H2,1-3H3. The molecule has 1 N–H and O–H groups in total. The molecule has 2 nitrogen and oxygen atoms in total. The quantitative estimate of drug-likeness (QED) is 0.842. The largest absolute Gasteiger partial charge is 0.309 e. The van der Waals surface area contributed by atoms with E-state index >= 15 is 0 Å². The van der Waals surface area contributed by atoms with Crippen LogP contribution in [0.5, 0.6) is 0 Å². The zero-order valence-electron chi connectivity index (χ0n) is 12.6. The third-order valence-electron chi connectivity index (χ3n) is 4.31. The van der Waals surface area contributed by atoms with Gasteiger partial charge in [0.1, 0.15) is 0 Å². The number of hydrogen-bond acceptors (Lipinski definition) is 2. The number of hydrogen-bond donors (Lipinski definition) is 1. The molecule has 1 aromatic carbocycles. The molecule has 19 heavy (non-hydrogen) atoms. The first-order valence-electron chi connectivity index (χ1n) is 7.78. The second-order valence-electron chi connectivity index (χ2n) is 5.81. The van der Waals surface area contributed by atoms with Crippen molar-refractivity contribution >= 4 is 0 Å². The molecule has 1 fully saturated rings. The van der Waals surface area contributed by atoms with Crippen molar-refractivity contribution < 1.29 is 0 Å². The van der Waals surface area contributed by atoms with Gasteiger partial charge in [0, 0.05) is 18.6 Å². The fourth-order valence-corrected chi connectivity index (χ4v) is 3.33. The maximum absolute atomic E-state index is 3.70. The van der Waals surface area contributed by atoms with E-state index in [-0.39, 0.29) is 0 Å². The van der Waals surface area contributed by atoms with Crippen LogP contribution >= 0.6 is 0 Å². The molecule has 2 rings (SSSR count). The highest BCUT2D eigenvalue weighted by Crippen LogP contribution is 2.28. The average Bonchev–Trinajstić information content (AvgIpc) is 2.86. The van der Waals surface area contributed by atoms with Crippen molar-refractivity contribution in [3.8, 4) is 0 Å². The number of nitrogens with one attached hydrogen (secondary N) is 1. The van der Waals surface area contributed by atoms with Gasteiger partial charge in [-0.15, -0.1) is 0 Å². The molecule has 1 aliphatic heterocycles. The molecule has 1 saturated heterocycles. The summed E-state index contributed by atoms with van der Waals surface area (Å²) in [6.07, 6.45) is 2.56. The first kappa shape index (κ1) is 14.5. The van der Waals surface area contributed by atoms with Crippen LogP contribution in [-0.4, -0.2) is 30.6 Å². The first-order chi connectivity index (χ1) is 9.26. The van der Waals surface area contributed by atoms with Gasteiger partial charge < -0.3 is 5.32 Å². The summed E-state index contributed by atoms with van der Waals surface area (Å²) in [7, 11) is 0. The molecule has 1 aromatic rings. The fourth-order valence-electron chi connectivity index (χ4n) is 3.33. The van der Waals surface area contributed by atoms with Gasteiger partial charge in [-0.05, 0) is 37.4 Å². The molecule has 0 amide bonds. The molecular formula is C17H28N2. The average molecular weight is 260 g/mol. The molecule has 0 spiro atoms. The molecule has 2 heteroatoms. The van der Waals surface area contributed by atoms with Crippen molar-refractivity contribution in [2.24, 2.45) is 5.92 Å². The van der Waals surface area contributed by atoms with Crippen molar-refractivity contribution in [1.82, 2.24) is 10.2 Å². The summed E-state index contributed by atoms with van der Waals surface area (Å²) >= 11 is 0. The summed E-state index contributed by atoms with van der Waals surface area (Å²) in [6.45, 7) is 10.4. The van der Waals surface area contributed by atoms with E-state index in [9.17, 15) is 0 Å². The summed E-state index contributed by atoms with van der Waals surface area (Å²) < 4.78 is 0. The summed E-state index contributed by atoms with van der Waals surface area (Å²) in [5.41, 5.74) is 1.43. The van der Waals surface area contributed by atoms with E-state index in [1.807, 2.05) is 0 Å². The van der Waals surface area contributed by atoms with Crippen LogP contribution in [-0.2, 0) is 0 Å². The minimum absolute atomic E-state index is 0.460. The highest BCUT2D eigenvalue weighted by molar-refractivity contribution is 5.21. The molecule has 0 saturated carbocycles. The summed E-state index contributed by atoms with van der Waals surface area (Å²) in [6, 6.07) is 12.0. The van der Waals surface area contributed by atoms with Crippen molar-refractivity contribution in [2.45, 2.75) is 45.7 Å². The minimum atomic E-state index is 0.460. The Hall–Kier alpha value is -0.860. The second kappa shape index (κ2) is 7.06. The van der Waals surface area contributed by atoms with Crippen molar-refractivity contribution in [3.63, 3.8) is 0 Å². The lowest BCUT2D eigenvalue weighted by atomic mass is 9.96. The number of nitrogens with zero attached hydrogens (tertiary/aromatic N) is 1. The van der Waals surface area contributed by atoms with Crippen LogP contribution in [0.25, 0.3) is 0 Å². The fraction of sp³-hybridized carbons (Fsp3) is 0.647. The molecule has 0 bridgehead atoms. The lowest BCUT2D eigenvalue weighted by Gasteiger charge is -2.35. The second-order valence-corrected chi connectivity index (χ2v) is 5.81. The molecule has 0 aliphatic carbocycles. The lowest BCUT2D eigenvalue weighted by Crippen LogP contribution is -2.43. The van der Waals surface area contributed by atoms with Crippen molar-refractivity contribution in [3.05, 3.63) is 35.9 Å². The van der Waals surface area contributed by atoms with E-state index in [1.165, 1.54) is 31.5 Å². The monoisotopic (exact) mass is 260 g/mol. The van der Waals surface area contributed by atoms with Crippen LogP contribution in [0.3, 0.4) is 0 Å². The zero-order chi connectivity index (χ0) is 13.7. The van der Waals surface area contributed by atoms with Gasteiger partial charge in [0.15, 0.2) is 0 Å². The van der Waals surface area contributed by atoms with E-state index < -0.39 is 0 Å². The Kier molecular flexibility index (Phi) is 5.41. The van der Waals surface area contributed by atoms with E-state index in [0.717, 1.165) is 12.5 Å². The lowest BCUT2D eigenvalue weighted by molar-refractivity contribution is 0.181. The van der Waals surface area contributed by atoms with Crippen LogP contribution in [0.2, 0.25) is 0 Å². The Bertz CT molecular complexity index is 363. The SMILES string of the molecule is CCNC(c1ccccc1)C(CC)N1CCC(C)C1. The topological polar surface area (TPSA) is 15.3 Å². The Labute approximate surface area is 118 Å². The third kappa shape index (κ3) is 3.58. The van der Waals surface area contributed by atoms with Gasteiger partial charge in [-0.25, -0.2) is 0 Å². The molecule has 0 radical (unpaired) electrons. The predicted octanol–water partition coefficient (Wildman–Crippen LogP) is 3.46. The molecule has 1 heterocycles. The van der Waals surface area contributed by atoms with Gasteiger partial charge in [0.05, 0.1) is 0 Å². The van der Waals surface area contributed by atoms with Gasteiger partial charge in [0.2, 0.25) is 0 Å². The zero-order valence-corrected chi connectivity index (χ0v) is 12.6. The third-order valence-corrected chi connectivity index (χ3v) is 4.31.